The Labute approximate surface area is 255 Å². The Morgan fingerprint density at radius 1 is 0.977 bits per heavy atom. The lowest BCUT2D eigenvalue weighted by molar-refractivity contribution is -0.228. The Kier molecular flexibility index (Phi) is 10.7. The highest BCUT2D eigenvalue weighted by molar-refractivity contribution is 9.10. The number of ether oxygens (including phenoxy) is 1. The van der Waals surface area contributed by atoms with E-state index in [1.807, 2.05) is 0 Å². The highest BCUT2D eigenvalue weighted by Crippen LogP contribution is 2.32. The molecule has 3 aromatic carbocycles. The summed E-state index contributed by atoms with van der Waals surface area (Å²) in [4.78, 5) is 28.8. The number of para-hydroxylation sites is 2. The van der Waals surface area contributed by atoms with Crippen LogP contribution in [0.1, 0.15) is 36.0 Å². The molecule has 1 heterocycles. The Morgan fingerprint density at radius 3 is 2.28 bits per heavy atom. The van der Waals surface area contributed by atoms with E-state index in [1.165, 1.54) is 6.07 Å². The Morgan fingerprint density at radius 2 is 1.63 bits per heavy atom. The third-order valence-electron chi connectivity index (χ3n) is 6.67. The first-order valence-electron chi connectivity index (χ1n) is 13.4. The van der Waals surface area contributed by atoms with Crippen LogP contribution in [0, 0.1) is 5.92 Å². The SMILES string of the molecule is O=C(c1ccc(S(=O)(=O)Nc2ccccc2Oc2ccc(Br)cc2)cc1)N(CCCC1CCNCC1)OC(=O)C(F)(F)F. The fraction of sp³-hybridized carbons (Fsp3) is 0.310. The van der Waals surface area contributed by atoms with Gasteiger partial charge in [-0.1, -0.05) is 28.1 Å². The molecule has 2 N–H and O–H groups in total. The largest absolute Gasteiger partial charge is 0.493 e. The zero-order valence-electron chi connectivity index (χ0n) is 22.8. The molecule has 14 heteroatoms. The molecule has 1 amide bonds. The van der Waals surface area contributed by atoms with E-state index in [1.54, 1.807) is 42.5 Å². The summed E-state index contributed by atoms with van der Waals surface area (Å²) in [6.07, 6.45) is -2.53. The van der Waals surface area contributed by atoms with Gasteiger partial charge in [-0.25, -0.2) is 13.2 Å². The number of hydrogen-bond donors (Lipinski definition) is 2. The summed E-state index contributed by atoms with van der Waals surface area (Å²) in [5, 5.41) is 3.61. The van der Waals surface area contributed by atoms with Gasteiger partial charge in [0.15, 0.2) is 5.75 Å². The molecule has 0 radical (unpaired) electrons. The van der Waals surface area contributed by atoms with Crippen molar-refractivity contribution >= 4 is 43.5 Å². The first-order valence-corrected chi connectivity index (χ1v) is 15.7. The molecule has 0 spiro atoms. The second-order valence-electron chi connectivity index (χ2n) is 9.80. The number of hydrogen-bond acceptors (Lipinski definition) is 7. The van der Waals surface area contributed by atoms with Crippen molar-refractivity contribution in [2.24, 2.45) is 5.92 Å². The van der Waals surface area contributed by atoms with Crippen molar-refractivity contribution in [3.8, 4) is 11.5 Å². The molecule has 1 aliphatic heterocycles. The van der Waals surface area contributed by atoms with E-state index in [-0.39, 0.29) is 28.4 Å². The molecular weight excluding hydrogens is 655 g/mol. The van der Waals surface area contributed by atoms with Crippen molar-refractivity contribution in [2.45, 2.75) is 36.8 Å². The zero-order chi connectivity index (χ0) is 31.0. The van der Waals surface area contributed by atoms with Crippen LogP contribution in [0.15, 0.2) is 82.2 Å². The van der Waals surface area contributed by atoms with Crippen molar-refractivity contribution in [3.05, 3.63) is 82.8 Å². The van der Waals surface area contributed by atoms with Crippen LogP contribution in [-0.4, -0.2) is 51.2 Å². The third-order valence-corrected chi connectivity index (χ3v) is 8.58. The lowest BCUT2D eigenvalue weighted by atomic mass is 9.93. The van der Waals surface area contributed by atoms with Gasteiger partial charge >= 0.3 is 12.1 Å². The zero-order valence-corrected chi connectivity index (χ0v) is 25.2. The Balaban J connectivity index is 1.46. The van der Waals surface area contributed by atoms with Gasteiger partial charge in [0, 0.05) is 10.0 Å². The monoisotopic (exact) mass is 683 g/mol. The fourth-order valence-electron chi connectivity index (χ4n) is 4.43. The summed E-state index contributed by atoms with van der Waals surface area (Å²) in [6.45, 7) is 1.43. The molecule has 230 valence electrons. The number of anilines is 1. The van der Waals surface area contributed by atoms with Crippen LogP contribution in [0.5, 0.6) is 11.5 Å². The van der Waals surface area contributed by atoms with E-state index in [0.717, 1.165) is 54.7 Å². The maximum absolute atomic E-state index is 13.1. The minimum absolute atomic E-state index is 0.157. The fourth-order valence-corrected chi connectivity index (χ4v) is 5.76. The molecule has 0 aliphatic carbocycles. The number of carbonyl (C=O) groups is 2. The van der Waals surface area contributed by atoms with Crippen LogP contribution in [0.4, 0.5) is 18.9 Å². The molecular formula is C29H29BrF3N3O6S. The molecule has 0 aromatic heterocycles. The van der Waals surface area contributed by atoms with Gasteiger partial charge in [0.2, 0.25) is 0 Å². The molecule has 9 nitrogen and oxygen atoms in total. The standard InChI is InChI=1S/C29H29BrF3N3O6S/c30-22-9-11-23(12-10-22)41-26-6-2-1-5-25(26)35-43(39,40)24-13-7-21(8-14-24)27(37)36(42-28(38)29(31,32)33)19-3-4-20-15-17-34-18-16-20/h1-2,5-14,20,34-35H,3-4,15-19H2. The molecule has 0 saturated carbocycles. The van der Waals surface area contributed by atoms with Gasteiger partial charge in [0.25, 0.3) is 15.9 Å². The summed E-state index contributed by atoms with van der Waals surface area (Å²) in [7, 11) is -4.16. The van der Waals surface area contributed by atoms with E-state index in [4.69, 9.17) is 4.74 Å². The molecule has 0 atom stereocenters. The van der Waals surface area contributed by atoms with E-state index >= 15 is 0 Å². The molecule has 1 saturated heterocycles. The molecule has 3 aromatic rings. The van der Waals surface area contributed by atoms with Crippen LogP contribution in [0.25, 0.3) is 0 Å². The summed E-state index contributed by atoms with van der Waals surface area (Å²) in [6, 6.07) is 17.9. The van der Waals surface area contributed by atoms with Gasteiger partial charge in [0.1, 0.15) is 5.75 Å². The Hall–Kier alpha value is -3.62. The summed E-state index contributed by atoms with van der Waals surface area (Å²) in [5.41, 5.74) is -0.000630. The molecule has 1 fully saturated rings. The lowest BCUT2D eigenvalue weighted by Gasteiger charge is -2.25. The lowest BCUT2D eigenvalue weighted by Crippen LogP contribution is -2.39. The van der Waals surface area contributed by atoms with Crippen LogP contribution < -0.4 is 14.8 Å². The number of benzene rings is 3. The number of hydroxylamine groups is 2. The molecule has 4 rings (SSSR count). The van der Waals surface area contributed by atoms with Crippen LogP contribution >= 0.6 is 15.9 Å². The normalized spacial score (nSPS) is 14.1. The highest BCUT2D eigenvalue weighted by atomic mass is 79.9. The minimum atomic E-state index is -5.30. The van der Waals surface area contributed by atoms with E-state index in [0.29, 0.717) is 29.6 Å². The van der Waals surface area contributed by atoms with Crippen molar-refractivity contribution in [1.82, 2.24) is 10.4 Å². The smallest absolute Gasteiger partial charge is 0.455 e. The number of amides is 1. The number of halogens is 4. The number of piperidine rings is 1. The van der Waals surface area contributed by atoms with Gasteiger partial charge in [0.05, 0.1) is 17.1 Å². The first kappa shape index (κ1) is 32.3. The van der Waals surface area contributed by atoms with E-state index < -0.39 is 28.1 Å². The number of alkyl halides is 3. The summed E-state index contributed by atoms with van der Waals surface area (Å²) < 4.78 is 74.2. The number of carbonyl (C=O) groups excluding carboxylic acids is 2. The second kappa shape index (κ2) is 14.2. The number of sulfonamides is 1. The van der Waals surface area contributed by atoms with Crippen LogP contribution in [-0.2, 0) is 19.7 Å². The maximum atomic E-state index is 13.1. The summed E-state index contributed by atoms with van der Waals surface area (Å²) in [5.74, 6) is -2.46. The van der Waals surface area contributed by atoms with Crippen LogP contribution in [0.2, 0.25) is 0 Å². The van der Waals surface area contributed by atoms with Gasteiger partial charge < -0.3 is 14.9 Å². The third kappa shape index (κ3) is 9.18. The van der Waals surface area contributed by atoms with E-state index in [2.05, 4.69) is 30.8 Å². The molecule has 43 heavy (non-hydrogen) atoms. The van der Waals surface area contributed by atoms with Gasteiger partial charge in [-0.05, 0) is 105 Å². The average molecular weight is 685 g/mol. The van der Waals surface area contributed by atoms with E-state index in [9.17, 15) is 31.2 Å². The Bertz CT molecular complexity index is 1510. The quantitative estimate of drug-likeness (QED) is 0.242. The number of nitrogens with one attached hydrogen (secondary N) is 2. The van der Waals surface area contributed by atoms with Crippen molar-refractivity contribution in [3.63, 3.8) is 0 Å². The second-order valence-corrected chi connectivity index (χ2v) is 12.4. The predicted molar refractivity (Wildman–Crippen MR) is 156 cm³/mol. The predicted octanol–water partition coefficient (Wildman–Crippen LogP) is 6.28. The van der Waals surface area contributed by atoms with Gasteiger partial charge in [-0.3, -0.25) is 9.52 Å². The number of rotatable bonds is 10. The highest BCUT2D eigenvalue weighted by Gasteiger charge is 2.43. The first-order chi connectivity index (χ1) is 20.4. The molecule has 0 unspecified atom stereocenters. The van der Waals surface area contributed by atoms with Crippen molar-refractivity contribution in [2.75, 3.05) is 24.4 Å². The van der Waals surface area contributed by atoms with Gasteiger partial charge in [-0.15, -0.1) is 0 Å². The van der Waals surface area contributed by atoms with Crippen molar-refractivity contribution < 1.29 is 40.8 Å². The van der Waals surface area contributed by atoms with Gasteiger partial charge in [-0.2, -0.15) is 18.2 Å². The number of nitrogens with zero attached hydrogens (tertiary/aromatic N) is 1. The molecule has 1 aliphatic rings. The maximum Gasteiger partial charge on any atom is 0.493 e. The topological polar surface area (TPSA) is 114 Å². The van der Waals surface area contributed by atoms with Crippen molar-refractivity contribution in [1.29, 1.82) is 0 Å². The average Bonchev–Trinajstić information content (AvgIpc) is 2.98. The minimum Gasteiger partial charge on any atom is -0.455 e. The molecule has 0 bridgehead atoms. The summed E-state index contributed by atoms with van der Waals surface area (Å²) >= 11 is 3.34. The van der Waals surface area contributed by atoms with Crippen LogP contribution in [0.3, 0.4) is 0 Å².